The Kier molecular flexibility index (Phi) is 7.08. The minimum absolute atomic E-state index is 0.100. The molecule has 0 bridgehead atoms. The second-order valence-electron chi connectivity index (χ2n) is 7.99. The molecule has 3 aromatic rings. The molecule has 0 saturated carbocycles. The number of rotatable bonds is 6. The van der Waals surface area contributed by atoms with Crippen molar-refractivity contribution in [3.63, 3.8) is 0 Å². The third kappa shape index (κ3) is 4.73. The topological polar surface area (TPSA) is 63.8 Å². The van der Waals surface area contributed by atoms with E-state index >= 15 is 0 Å². The number of thioether (sulfide) groups is 1. The SMILES string of the molecule is CCOC(=O)C1=C(O)/C(=C/c2cc(C)n(-c3ccccc3)c2C)SC1=Nc1ccc(CC)cc1. The van der Waals surface area contributed by atoms with Gasteiger partial charge in [-0.2, -0.15) is 0 Å². The third-order valence-electron chi connectivity index (χ3n) is 5.72. The number of para-hydroxylation sites is 1. The van der Waals surface area contributed by atoms with E-state index in [1.54, 1.807) is 6.92 Å². The molecule has 0 spiro atoms. The fourth-order valence-electron chi connectivity index (χ4n) is 3.96. The van der Waals surface area contributed by atoms with Crippen molar-refractivity contribution in [3.05, 3.63) is 99.4 Å². The van der Waals surface area contributed by atoms with Crippen molar-refractivity contribution in [1.29, 1.82) is 0 Å². The molecular formula is C28H28N2O3S. The molecular weight excluding hydrogens is 444 g/mol. The van der Waals surface area contributed by atoms with Crippen LogP contribution in [0.3, 0.4) is 0 Å². The van der Waals surface area contributed by atoms with E-state index in [9.17, 15) is 9.90 Å². The number of aliphatic imine (C=N–C) groups is 1. The van der Waals surface area contributed by atoms with Gasteiger partial charge in [0.15, 0.2) is 0 Å². The van der Waals surface area contributed by atoms with Crippen LogP contribution in [0, 0.1) is 13.8 Å². The van der Waals surface area contributed by atoms with E-state index in [2.05, 4.69) is 41.6 Å². The highest BCUT2D eigenvalue weighted by Gasteiger charge is 2.33. The van der Waals surface area contributed by atoms with Gasteiger partial charge in [-0.1, -0.05) is 49.0 Å². The summed E-state index contributed by atoms with van der Waals surface area (Å²) in [5.74, 6) is -0.675. The number of benzene rings is 2. The number of hydrogen-bond acceptors (Lipinski definition) is 5. The number of carbonyl (C=O) groups excluding carboxylic acids is 1. The summed E-state index contributed by atoms with van der Waals surface area (Å²) in [7, 11) is 0. The van der Waals surface area contributed by atoms with Crippen molar-refractivity contribution < 1.29 is 14.6 Å². The van der Waals surface area contributed by atoms with Crippen LogP contribution in [0.25, 0.3) is 11.8 Å². The van der Waals surface area contributed by atoms with Crippen molar-refractivity contribution >= 4 is 34.5 Å². The molecule has 5 nitrogen and oxygen atoms in total. The van der Waals surface area contributed by atoms with Crippen LogP contribution in [-0.2, 0) is 16.0 Å². The second kappa shape index (κ2) is 10.2. The Hall–Kier alpha value is -3.51. The highest BCUT2D eigenvalue weighted by molar-refractivity contribution is 8.18. The molecule has 0 saturated heterocycles. The fraction of sp³-hybridized carbons (Fsp3) is 0.214. The molecule has 1 aliphatic heterocycles. The van der Waals surface area contributed by atoms with E-state index in [4.69, 9.17) is 4.74 Å². The maximum Gasteiger partial charge on any atom is 0.344 e. The van der Waals surface area contributed by atoms with Gasteiger partial charge in [-0.05, 0) is 74.7 Å². The zero-order chi connectivity index (χ0) is 24.2. The molecule has 34 heavy (non-hydrogen) atoms. The molecule has 0 atom stereocenters. The first-order valence-electron chi connectivity index (χ1n) is 11.4. The summed E-state index contributed by atoms with van der Waals surface area (Å²) in [6.07, 6.45) is 2.85. The molecule has 6 heteroatoms. The summed E-state index contributed by atoms with van der Waals surface area (Å²) in [5.41, 5.74) is 6.20. The van der Waals surface area contributed by atoms with E-state index < -0.39 is 5.97 Å². The predicted molar refractivity (Wildman–Crippen MR) is 140 cm³/mol. The number of aliphatic hydroxyl groups is 1. The largest absolute Gasteiger partial charge is 0.506 e. The van der Waals surface area contributed by atoms with E-state index in [0.717, 1.165) is 34.7 Å². The van der Waals surface area contributed by atoms with Crippen molar-refractivity contribution in [2.24, 2.45) is 4.99 Å². The van der Waals surface area contributed by atoms with Gasteiger partial charge in [0.2, 0.25) is 0 Å². The summed E-state index contributed by atoms with van der Waals surface area (Å²) < 4.78 is 7.39. The predicted octanol–water partition coefficient (Wildman–Crippen LogP) is 6.85. The summed E-state index contributed by atoms with van der Waals surface area (Å²) in [6.45, 7) is 8.15. The van der Waals surface area contributed by atoms with E-state index in [1.165, 1.54) is 17.3 Å². The summed E-state index contributed by atoms with van der Waals surface area (Å²) in [5, 5.41) is 11.5. The second-order valence-corrected chi connectivity index (χ2v) is 9.02. The molecule has 1 aromatic heterocycles. The average Bonchev–Trinajstić information content (AvgIpc) is 3.29. The van der Waals surface area contributed by atoms with Crippen LogP contribution >= 0.6 is 11.8 Å². The molecule has 0 unspecified atom stereocenters. The Morgan fingerprint density at radius 1 is 1.09 bits per heavy atom. The van der Waals surface area contributed by atoms with Crippen LogP contribution < -0.4 is 0 Å². The first-order chi connectivity index (χ1) is 16.4. The summed E-state index contributed by atoms with van der Waals surface area (Å²) in [4.78, 5) is 17.9. The molecule has 174 valence electrons. The first-order valence-corrected chi connectivity index (χ1v) is 12.2. The monoisotopic (exact) mass is 472 g/mol. The average molecular weight is 473 g/mol. The molecule has 0 aliphatic carbocycles. The lowest BCUT2D eigenvalue weighted by Crippen LogP contribution is -2.12. The van der Waals surface area contributed by atoms with Crippen LogP contribution in [-0.4, -0.2) is 27.3 Å². The van der Waals surface area contributed by atoms with E-state index in [1.807, 2.05) is 55.5 Å². The molecule has 1 N–H and O–H groups in total. The Morgan fingerprint density at radius 3 is 2.44 bits per heavy atom. The Bertz CT molecular complexity index is 1300. The van der Waals surface area contributed by atoms with Crippen molar-refractivity contribution in [2.45, 2.75) is 34.1 Å². The van der Waals surface area contributed by atoms with Gasteiger partial charge < -0.3 is 14.4 Å². The number of esters is 1. The Balaban J connectivity index is 1.75. The van der Waals surface area contributed by atoms with Gasteiger partial charge in [-0.3, -0.25) is 0 Å². The van der Waals surface area contributed by atoms with Crippen LogP contribution in [0.5, 0.6) is 0 Å². The molecule has 2 heterocycles. The van der Waals surface area contributed by atoms with Crippen LogP contribution in [0.15, 0.2) is 81.9 Å². The van der Waals surface area contributed by atoms with Gasteiger partial charge in [0, 0.05) is 17.1 Å². The van der Waals surface area contributed by atoms with Gasteiger partial charge in [0.05, 0.1) is 17.2 Å². The van der Waals surface area contributed by atoms with E-state index in [0.29, 0.717) is 9.95 Å². The number of hydrogen-bond donors (Lipinski definition) is 1. The van der Waals surface area contributed by atoms with Gasteiger partial charge in [0.25, 0.3) is 0 Å². The highest BCUT2D eigenvalue weighted by Crippen LogP contribution is 2.41. The normalized spacial score (nSPS) is 16.0. The van der Waals surface area contributed by atoms with Gasteiger partial charge in [-0.15, -0.1) is 0 Å². The van der Waals surface area contributed by atoms with Gasteiger partial charge in [0.1, 0.15) is 16.4 Å². The number of aromatic nitrogens is 1. The molecule has 4 rings (SSSR count). The lowest BCUT2D eigenvalue weighted by Gasteiger charge is -2.09. The zero-order valence-electron chi connectivity index (χ0n) is 19.8. The number of aryl methyl sites for hydroxylation is 2. The van der Waals surface area contributed by atoms with Crippen LogP contribution in [0.4, 0.5) is 5.69 Å². The van der Waals surface area contributed by atoms with Crippen LogP contribution in [0.2, 0.25) is 0 Å². The number of aliphatic hydroxyl groups excluding tert-OH is 1. The highest BCUT2D eigenvalue weighted by atomic mass is 32.2. The molecule has 1 aliphatic rings. The quantitative estimate of drug-likeness (QED) is 0.399. The van der Waals surface area contributed by atoms with Crippen molar-refractivity contribution in [2.75, 3.05) is 6.61 Å². The fourth-order valence-corrected chi connectivity index (χ4v) is 4.99. The molecule has 0 amide bonds. The minimum atomic E-state index is -0.574. The number of carbonyl (C=O) groups is 1. The number of nitrogens with zero attached hydrogens (tertiary/aromatic N) is 2. The standard InChI is InChI=1S/C28H28N2O3S/c1-5-20-12-14-22(15-13-20)29-27-25(28(32)33-6-2)26(31)24(34-27)17-21-16-18(3)30(19(21)4)23-10-8-7-9-11-23/h7-17,31H,5-6H2,1-4H3/b24-17-,29-27?. The zero-order valence-corrected chi connectivity index (χ0v) is 20.6. The summed E-state index contributed by atoms with van der Waals surface area (Å²) >= 11 is 1.28. The Morgan fingerprint density at radius 2 is 1.79 bits per heavy atom. The van der Waals surface area contributed by atoms with E-state index in [-0.39, 0.29) is 17.9 Å². The lowest BCUT2D eigenvalue weighted by atomic mass is 10.1. The maximum atomic E-state index is 12.7. The van der Waals surface area contributed by atoms with Crippen molar-refractivity contribution in [3.8, 4) is 5.69 Å². The third-order valence-corrected chi connectivity index (χ3v) is 6.74. The molecule has 0 fully saturated rings. The van der Waals surface area contributed by atoms with Crippen LogP contribution in [0.1, 0.15) is 36.4 Å². The van der Waals surface area contributed by atoms with Crippen molar-refractivity contribution in [1.82, 2.24) is 4.57 Å². The Labute approximate surface area is 204 Å². The van der Waals surface area contributed by atoms with Gasteiger partial charge in [-0.25, -0.2) is 9.79 Å². The lowest BCUT2D eigenvalue weighted by molar-refractivity contribution is -0.138. The van der Waals surface area contributed by atoms with Gasteiger partial charge >= 0.3 is 5.97 Å². The molecule has 0 radical (unpaired) electrons. The molecule has 2 aromatic carbocycles. The minimum Gasteiger partial charge on any atom is -0.506 e. The maximum absolute atomic E-state index is 12.7. The first kappa shape index (κ1) is 23.6. The smallest absolute Gasteiger partial charge is 0.344 e. The summed E-state index contributed by atoms with van der Waals surface area (Å²) in [6, 6.07) is 20.1. The number of ether oxygens (including phenoxy) is 1.